The number of piperazine rings is 1. The molecule has 0 amide bonds. The van der Waals surface area contributed by atoms with E-state index in [1.807, 2.05) is 0 Å². The van der Waals surface area contributed by atoms with E-state index in [9.17, 15) is 0 Å². The van der Waals surface area contributed by atoms with Gasteiger partial charge in [0.15, 0.2) is 5.82 Å². The van der Waals surface area contributed by atoms with Gasteiger partial charge in [-0.1, -0.05) is 6.92 Å². The number of anilines is 4. The Morgan fingerprint density at radius 3 is 2.54 bits per heavy atom. The van der Waals surface area contributed by atoms with Gasteiger partial charge in [-0.15, -0.1) is 5.10 Å². The summed E-state index contributed by atoms with van der Waals surface area (Å²) in [5, 5.41) is 14.4. The van der Waals surface area contributed by atoms with Crippen LogP contribution in [0.3, 0.4) is 0 Å². The lowest BCUT2D eigenvalue weighted by molar-refractivity contribution is 0.313. The normalized spacial score (nSPS) is 15.3. The maximum Gasteiger partial charge on any atom is 0.244 e. The zero-order valence-corrected chi connectivity index (χ0v) is 14.4. The molecule has 0 saturated carbocycles. The van der Waals surface area contributed by atoms with Crippen molar-refractivity contribution >= 4 is 23.1 Å². The van der Waals surface area contributed by atoms with Crippen LogP contribution >= 0.6 is 0 Å². The van der Waals surface area contributed by atoms with Gasteiger partial charge in [0.25, 0.3) is 0 Å². The molecule has 0 atom stereocenters. The highest BCUT2D eigenvalue weighted by Crippen LogP contribution is 2.21. The Balaban J connectivity index is 1.62. The van der Waals surface area contributed by atoms with Gasteiger partial charge in [-0.25, -0.2) is 0 Å². The Morgan fingerprint density at radius 2 is 1.83 bits per heavy atom. The molecule has 7 heteroatoms. The van der Waals surface area contributed by atoms with Crippen LogP contribution in [0.15, 0.2) is 30.5 Å². The molecule has 1 aromatic carbocycles. The first-order valence-corrected chi connectivity index (χ1v) is 8.49. The number of nitrogens with one attached hydrogen (secondary N) is 2. The van der Waals surface area contributed by atoms with Crippen LogP contribution in [0.4, 0.5) is 23.1 Å². The van der Waals surface area contributed by atoms with Crippen LogP contribution < -0.4 is 15.5 Å². The molecule has 2 N–H and O–H groups in total. The van der Waals surface area contributed by atoms with Crippen molar-refractivity contribution in [1.82, 2.24) is 20.1 Å². The summed E-state index contributed by atoms with van der Waals surface area (Å²) in [6.45, 7) is 7.31. The molecule has 1 aromatic heterocycles. The minimum Gasteiger partial charge on any atom is -0.369 e. The average Bonchev–Trinajstić information content (AvgIpc) is 2.62. The van der Waals surface area contributed by atoms with E-state index in [0.717, 1.165) is 44.8 Å². The molecule has 2 heterocycles. The summed E-state index contributed by atoms with van der Waals surface area (Å²) in [5.74, 6) is 1.24. The lowest BCUT2D eigenvalue weighted by Crippen LogP contribution is -2.44. The lowest BCUT2D eigenvalue weighted by atomic mass is 10.2. The fraction of sp³-hybridized carbons (Fsp3) is 0.471. The highest BCUT2D eigenvalue weighted by atomic mass is 15.3. The van der Waals surface area contributed by atoms with Crippen molar-refractivity contribution < 1.29 is 0 Å². The van der Waals surface area contributed by atoms with Crippen molar-refractivity contribution in [2.45, 2.75) is 13.3 Å². The maximum absolute atomic E-state index is 4.41. The highest BCUT2D eigenvalue weighted by molar-refractivity contribution is 5.61. The zero-order valence-electron chi connectivity index (χ0n) is 14.4. The molecule has 7 nitrogen and oxygen atoms in total. The predicted octanol–water partition coefficient (Wildman–Crippen LogP) is 2.19. The smallest absolute Gasteiger partial charge is 0.244 e. The van der Waals surface area contributed by atoms with Gasteiger partial charge in [0.1, 0.15) is 0 Å². The van der Waals surface area contributed by atoms with E-state index >= 15 is 0 Å². The molecule has 0 radical (unpaired) electrons. The summed E-state index contributed by atoms with van der Waals surface area (Å²) in [6, 6.07) is 8.46. The fourth-order valence-electron chi connectivity index (χ4n) is 2.64. The third kappa shape index (κ3) is 4.32. The summed E-state index contributed by atoms with van der Waals surface area (Å²) in [5.41, 5.74) is 2.26. The van der Waals surface area contributed by atoms with Crippen molar-refractivity contribution in [3.8, 4) is 0 Å². The SMILES string of the molecule is CCCNc1nncc(Nc2ccc(N3CCN(C)CC3)cc2)n1. The number of rotatable bonds is 6. The van der Waals surface area contributed by atoms with Gasteiger partial charge in [0.05, 0.1) is 6.20 Å². The van der Waals surface area contributed by atoms with Crippen LogP contribution in [0.5, 0.6) is 0 Å². The third-order valence-corrected chi connectivity index (χ3v) is 4.10. The highest BCUT2D eigenvalue weighted by Gasteiger charge is 2.13. The number of benzene rings is 1. The van der Waals surface area contributed by atoms with Crippen molar-refractivity contribution in [3.63, 3.8) is 0 Å². The Hall–Kier alpha value is -2.41. The molecule has 1 fully saturated rings. The van der Waals surface area contributed by atoms with Gasteiger partial charge in [-0.05, 0) is 37.7 Å². The summed E-state index contributed by atoms with van der Waals surface area (Å²) >= 11 is 0. The molecule has 3 rings (SSSR count). The van der Waals surface area contributed by atoms with Crippen LogP contribution in [-0.2, 0) is 0 Å². The molecule has 1 aliphatic heterocycles. The second kappa shape index (κ2) is 7.92. The summed E-state index contributed by atoms with van der Waals surface area (Å²) in [7, 11) is 2.17. The number of nitrogens with zero attached hydrogens (tertiary/aromatic N) is 5. The predicted molar refractivity (Wildman–Crippen MR) is 98.0 cm³/mol. The number of aromatic nitrogens is 3. The Morgan fingerprint density at radius 1 is 1.08 bits per heavy atom. The topological polar surface area (TPSA) is 69.2 Å². The van der Waals surface area contributed by atoms with E-state index in [2.05, 4.69) is 73.9 Å². The minimum absolute atomic E-state index is 0.552. The zero-order chi connectivity index (χ0) is 16.8. The molecule has 128 valence electrons. The first-order valence-electron chi connectivity index (χ1n) is 8.49. The standard InChI is InChI=1S/C17H25N7/c1-3-8-18-17-21-16(13-19-22-17)20-14-4-6-15(7-5-14)24-11-9-23(2)10-12-24/h4-7,13H,3,8-12H2,1-2H3,(H2,18,20,21,22). The van der Waals surface area contributed by atoms with Gasteiger partial charge in [-0.2, -0.15) is 10.1 Å². The van der Waals surface area contributed by atoms with Crippen LogP contribution in [0.2, 0.25) is 0 Å². The van der Waals surface area contributed by atoms with E-state index in [-0.39, 0.29) is 0 Å². The molecular weight excluding hydrogens is 302 g/mol. The second-order valence-corrected chi connectivity index (χ2v) is 6.05. The molecule has 0 unspecified atom stereocenters. The van der Waals surface area contributed by atoms with Crippen LogP contribution in [0, 0.1) is 0 Å². The van der Waals surface area contributed by atoms with Crippen molar-refractivity contribution in [3.05, 3.63) is 30.5 Å². The number of hydrogen-bond acceptors (Lipinski definition) is 7. The Bertz CT molecular complexity index is 636. The molecule has 0 spiro atoms. The molecule has 0 bridgehead atoms. The summed E-state index contributed by atoms with van der Waals surface area (Å²) in [6.07, 6.45) is 2.65. The van der Waals surface area contributed by atoms with Gasteiger partial charge < -0.3 is 20.4 Å². The van der Waals surface area contributed by atoms with Crippen molar-refractivity contribution in [2.24, 2.45) is 0 Å². The van der Waals surface area contributed by atoms with E-state index in [0.29, 0.717) is 11.8 Å². The van der Waals surface area contributed by atoms with Crippen LogP contribution in [-0.4, -0.2) is 59.9 Å². The summed E-state index contributed by atoms with van der Waals surface area (Å²) in [4.78, 5) is 9.19. The van der Waals surface area contributed by atoms with Crippen LogP contribution in [0.25, 0.3) is 0 Å². The van der Waals surface area contributed by atoms with Crippen molar-refractivity contribution in [1.29, 1.82) is 0 Å². The third-order valence-electron chi connectivity index (χ3n) is 4.10. The van der Waals surface area contributed by atoms with Crippen molar-refractivity contribution in [2.75, 3.05) is 55.3 Å². The van der Waals surface area contributed by atoms with Gasteiger partial charge in [-0.3, -0.25) is 0 Å². The lowest BCUT2D eigenvalue weighted by Gasteiger charge is -2.34. The van der Waals surface area contributed by atoms with E-state index in [4.69, 9.17) is 0 Å². The molecular formula is C17H25N7. The van der Waals surface area contributed by atoms with E-state index < -0.39 is 0 Å². The number of likely N-dealkylation sites (N-methyl/N-ethyl adjacent to an activating group) is 1. The van der Waals surface area contributed by atoms with Crippen LogP contribution in [0.1, 0.15) is 13.3 Å². The Labute approximate surface area is 143 Å². The van der Waals surface area contributed by atoms with E-state index in [1.165, 1.54) is 5.69 Å². The molecule has 0 aliphatic carbocycles. The van der Waals surface area contributed by atoms with Gasteiger partial charge in [0, 0.05) is 44.1 Å². The molecule has 24 heavy (non-hydrogen) atoms. The molecule has 1 saturated heterocycles. The quantitative estimate of drug-likeness (QED) is 0.843. The first kappa shape index (κ1) is 16.4. The largest absolute Gasteiger partial charge is 0.369 e. The average molecular weight is 327 g/mol. The maximum atomic E-state index is 4.41. The molecule has 1 aliphatic rings. The Kier molecular flexibility index (Phi) is 5.43. The van der Waals surface area contributed by atoms with E-state index in [1.54, 1.807) is 6.20 Å². The van der Waals surface area contributed by atoms with Gasteiger partial charge in [0.2, 0.25) is 5.95 Å². The fourth-order valence-corrected chi connectivity index (χ4v) is 2.64. The van der Waals surface area contributed by atoms with Gasteiger partial charge >= 0.3 is 0 Å². The molecule has 2 aromatic rings. The minimum atomic E-state index is 0.552. The summed E-state index contributed by atoms with van der Waals surface area (Å²) < 4.78 is 0. The monoisotopic (exact) mass is 327 g/mol. The first-order chi connectivity index (χ1) is 11.7. The number of hydrogen-bond donors (Lipinski definition) is 2. The second-order valence-electron chi connectivity index (χ2n) is 6.05.